The molecule has 3 nitrogen and oxygen atoms in total. The summed E-state index contributed by atoms with van der Waals surface area (Å²) in [6.07, 6.45) is 7.50. The van der Waals surface area contributed by atoms with Gasteiger partial charge in [-0.05, 0) is 57.2 Å². The Morgan fingerprint density at radius 3 is 2.70 bits per heavy atom. The van der Waals surface area contributed by atoms with Crippen molar-refractivity contribution in [3.8, 4) is 0 Å². The van der Waals surface area contributed by atoms with Crippen LogP contribution >= 0.6 is 0 Å². The van der Waals surface area contributed by atoms with E-state index < -0.39 is 0 Å². The molecule has 0 amide bonds. The highest BCUT2D eigenvalue weighted by Crippen LogP contribution is 2.38. The third-order valence-corrected chi connectivity index (χ3v) is 4.62. The maximum Gasteiger partial charge on any atom is 0.105 e. The van der Waals surface area contributed by atoms with Gasteiger partial charge >= 0.3 is 0 Å². The van der Waals surface area contributed by atoms with Crippen molar-refractivity contribution in [3.05, 3.63) is 24.2 Å². The van der Waals surface area contributed by atoms with E-state index in [1.54, 1.807) is 6.26 Å². The van der Waals surface area contributed by atoms with Crippen LogP contribution in [0.1, 0.15) is 52.2 Å². The van der Waals surface area contributed by atoms with Crippen molar-refractivity contribution in [2.24, 2.45) is 5.92 Å². The molecule has 20 heavy (non-hydrogen) atoms. The molecule has 1 heterocycles. The average Bonchev–Trinajstić information content (AvgIpc) is 2.94. The zero-order valence-electron chi connectivity index (χ0n) is 13.2. The molecule has 1 unspecified atom stereocenters. The average molecular weight is 279 g/mol. The summed E-state index contributed by atoms with van der Waals surface area (Å²) in [4.78, 5) is 0. The smallest absolute Gasteiger partial charge is 0.105 e. The number of ether oxygens (including phenoxy) is 1. The lowest BCUT2D eigenvalue weighted by Crippen LogP contribution is -2.55. The van der Waals surface area contributed by atoms with E-state index in [1.165, 1.54) is 12.8 Å². The predicted octanol–water partition coefficient (Wildman–Crippen LogP) is 3.79. The Hall–Kier alpha value is -0.800. The summed E-state index contributed by atoms with van der Waals surface area (Å²) in [7, 11) is 0. The van der Waals surface area contributed by atoms with E-state index in [-0.39, 0.29) is 5.60 Å². The number of furan rings is 1. The standard InChI is InChI=1S/C17H29NO2/c1-4-18-16(13-15-7-6-12-19-15)17(20-5-2)10-8-14(3)9-11-17/h6-7,12,14,16,18H,4-5,8-11,13H2,1-3H3. The topological polar surface area (TPSA) is 34.4 Å². The minimum atomic E-state index is -0.0237. The Morgan fingerprint density at radius 1 is 1.40 bits per heavy atom. The monoisotopic (exact) mass is 279 g/mol. The van der Waals surface area contributed by atoms with Crippen molar-refractivity contribution in [1.29, 1.82) is 0 Å². The Balaban J connectivity index is 2.13. The number of likely N-dealkylation sites (N-methyl/N-ethyl adjacent to an activating group) is 1. The Bertz CT molecular complexity index is 366. The fourth-order valence-electron chi connectivity index (χ4n) is 3.45. The van der Waals surface area contributed by atoms with E-state index in [0.717, 1.165) is 44.1 Å². The lowest BCUT2D eigenvalue weighted by Gasteiger charge is -2.45. The summed E-state index contributed by atoms with van der Waals surface area (Å²) in [5.41, 5.74) is -0.0237. The lowest BCUT2D eigenvalue weighted by molar-refractivity contribution is -0.0965. The van der Waals surface area contributed by atoms with Crippen LogP contribution in [-0.2, 0) is 11.2 Å². The third-order valence-electron chi connectivity index (χ3n) is 4.62. The number of hydrogen-bond donors (Lipinski definition) is 1. The van der Waals surface area contributed by atoms with Gasteiger partial charge in [-0.25, -0.2) is 0 Å². The number of hydrogen-bond acceptors (Lipinski definition) is 3. The first-order valence-corrected chi connectivity index (χ1v) is 8.10. The second-order valence-electron chi connectivity index (χ2n) is 6.07. The van der Waals surface area contributed by atoms with Crippen LogP contribution in [0.5, 0.6) is 0 Å². The summed E-state index contributed by atoms with van der Waals surface area (Å²) in [5, 5.41) is 3.65. The van der Waals surface area contributed by atoms with Gasteiger partial charge in [0.15, 0.2) is 0 Å². The van der Waals surface area contributed by atoms with Gasteiger partial charge in [0.1, 0.15) is 5.76 Å². The lowest BCUT2D eigenvalue weighted by atomic mass is 9.74. The van der Waals surface area contributed by atoms with Crippen LogP contribution in [0.3, 0.4) is 0 Å². The molecule has 0 aromatic carbocycles. The molecule has 114 valence electrons. The first-order valence-electron chi connectivity index (χ1n) is 8.10. The van der Waals surface area contributed by atoms with Gasteiger partial charge in [-0.2, -0.15) is 0 Å². The molecule has 1 aliphatic rings. The van der Waals surface area contributed by atoms with Gasteiger partial charge in [-0.1, -0.05) is 13.8 Å². The molecule has 0 saturated heterocycles. The molecular formula is C17H29NO2. The molecule has 0 bridgehead atoms. The van der Waals surface area contributed by atoms with Crippen LogP contribution in [0, 0.1) is 5.92 Å². The fourth-order valence-corrected chi connectivity index (χ4v) is 3.45. The van der Waals surface area contributed by atoms with Crippen molar-refractivity contribution < 1.29 is 9.15 Å². The SMILES string of the molecule is CCNC(Cc1ccco1)C1(OCC)CCC(C)CC1. The van der Waals surface area contributed by atoms with Gasteiger partial charge in [-0.3, -0.25) is 0 Å². The second kappa shape index (κ2) is 7.28. The van der Waals surface area contributed by atoms with E-state index in [9.17, 15) is 0 Å². The predicted molar refractivity (Wildman–Crippen MR) is 81.9 cm³/mol. The summed E-state index contributed by atoms with van der Waals surface area (Å²) in [5.74, 6) is 1.88. The zero-order chi connectivity index (χ0) is 14.4. The summed E-state index contributed by atoms with van der Waals surface area (Å²) in [6, 6.07) is 4.37. The molecule has 2 rings (SSSR count). The molecule has 1 aliphatic carbocycles. The fraction of sp³-hybridized carbons (Fsp3) is 0.765. The van der Waals surface area contributed by atoms with Crippen LogP contribution in [0.15, 0.2) is 22.8 Å². The van der Waals surface area contributed by atoms with Gasteiger partial charge in [0.25, 0.3) is 0 Å². The van der Waals surface area contributed by atoms with Crippen molar-refractivity contribution in [1.82, 2.24) is 5.32 Å². The van der Waals surface area contributed by atoms with Crippen LogP contribution in [0.25, 0.3) is 0 Å². The largest absolute Gasteiger partial charge is 0.469 e. The molecule has 1 aromatic rings. The Labute approximate surface area is 123 Å². The minimum absolute atomic E-state index is 0.0237. The van der Waals surface area contributed by atoms with Crippen LogP contribution in [-0.4, -0.2) is 24.8 Å². The highest BCUT2D eigenvalue weighted by molar-refractivity contribution is 5.06. The quantitative estimate of drug-likeness (QED) is 0.824. The molecule has 1 saturated carbocycles. The molecule has 1 N–H and O–H groups in total. The van der Waals surface area contributed by atoms with Crippen molar-refractivity contribution in [3.63, 3.8) is 0 Å². The normalized spacial score (nSPS) is 28.4. The molecule has 0 radical (unpaired) electrons. The summed E-state index contributed by atoms with van der Waals surface area (Å²) >= 11 is 0. The molecule has 0 aliphatic heterocycles. The molecule has 1 aromatic heterocycles. The van der Waals surface area contributed by atoms with Gasteiger partial charge in [0.05, 0.1) is 11.9 Å². The number of rotatable bonds is 7. The van der Waals surface area contributed by atoms with Crippen molar-refractivity contribution in [2.45, 2.75) is 64.5 Å². The third kappa shape index (κ3) is 3.64. The first kappa shape index (κ1) is 15.6. The first-order chi connectivity index (χ1) is 9.70. The van der Waals surface area contributed by atoms with E-state index in [4.69, 9.17) is 9.15 Å². The Kier molecular flexibility index (Phi) is 5.67. The second-order valence-corrected chi connectivity index (χ2v) is 6.07. The van der Waals surface area contributed by atoms with Gasteiger partial charge in [0, 0.05) is 19.1 Å². The van der Waals surface area contributed by atoms with E-state index >= 15 is 0 Å². The minimum Gasteiger partial charge on any atom is -0.469 e. The van der Waals surface area contributed by atoms with Crippen LogP contribution in [0.2, 0.25) is 0 Å². The maximum atomic E-state index is 6.28. The van der Waals surface area contributed by atoms with E-state index in [1.807, 2.05) is 6.07 Å². The van der Waals surface area contributed by atoms with Crippen molar-refractivity contribution >= 4 is 0 Å². The number of nitrogens with one attached hydrogen (secondary N) is 1. The Morgan fingerprint density at radius 2 is 2.15 bits per heavy atom. The molecule has 0 spiro atoms. The molecule has 3 heteroatoms. The van der Waals surface area contributed by atoms with Gasteiger partial charge < -0.3 is 14.5 Å². The maximum absolute atomic E-state index is 6.28. The summed E-state index contributed by atoms with van der Waals surface area (Å²) < 4.78 is 11.8. The zero-order valence-corrected chi connectivity index (χ0v) is 13.2. The molecule has 1 fully saturated rings. The van der Waals surface area contributed by atoms with Crippen LogP contribution < -0.4 is 5.32 Å². The highest BCUT2D eigenvalue weighted by atomic mass is 16.5. The van der Waals surface area contributed by atoms with Crippen molar-refractivity contribution in [2.75, 3.05) is 13.2 Å². The van der Waals surface area contributed by atoms with E-state index in [2.05, 4.69) is 32.2 Å². The van der Waals surface area contributed by atoms with Gasteiger partial charge in [0.2, 0.25) is 0 Å². The van der Waals surface area contributed by atoms with Crippen LogP contribution in [0.4, 0.5) is 0 Å². The molecule has 1 atom stereocenters. The van der Waals surface area contributed by atoms with Gasteiger partial charge in [-0.15, -0.1) is 0 Å². The molecular weight excluding hydrogens is 250 g/mol. The summed E-state index contributed by atoms with van der Waals surface area (Å²) in [6.45, 7) is 8.38. The van der Waals surface area contributed by atoms with E-state index in [0.29, 0.717) is 6.04 Å². The highest BCUT2D eigenvalue weighted by Gasteiger charge is 2.42.